The average molecular weight is 242 g/mol. The number of nitrogens with two attached hydrogens (primary N) is 1. The summed E-state index contributed by atoms with van der Waals surface area (Å²) >= 11 is 0. The van der Waals surface area contributed by atoms with Gasteiger partial charge in [0.05, 0.1) is 5.56 Å². The highest BCUT2D eigenvalue weighted by atomic mass is 19.1. The summed E-state index contributed by atoms with van der Waals surface area (Å²) < 4.78 is 18.9. The lowest BCUT2D eigenvalue weighted by Gasteiger charge is -2.08. The Hall–Kier alpha value is -2.54. The van der Waals surface area contributed by atoms with Gasteiger partial charge in [-0.1, -0.05) is 18.2 Å². The SMILES string of the molecule is N#Cc1ccccc1OCc1ccc(N)cc1F. The molecule has 3 nitrogen and oxygen atoms in total. The van der Waals surface area contributed by atoms with E-state index in [1.165, 1.54) is 6.07 Å². The third-order valence-corrected chi connectivity index (χ3v) is 2.47. The normalized spacial score (nSPS) is 9.78. The Balaban J connectivity index is 2.14. The molecule has 2 rings (SSSR count). The molecular weight excluding hydrogens is 231 g/mol. The van der Waals surface area contributed by atoms with Gasteiger partial charge in [0.25, 0.3) is 0 Å². The molecule has 0 aromatic heterocycles. The average Bonchev–Trinajstić information content (AvgIpc) is 2.38. The van der Waals surface area contributed by atoms with Crippen molar-refractivity contribution in [3.8, 4) is 11.8 Å². The lowest BCUT2D eigenvalue weighted by atomic mass is 10.2. The molecule has 4 heteroatoms. The molecule has 0 aliphatic rings. The minimum atomic E-state index is -0.413. The molecule has 2 aromatic carbocycles. The van der Waals surface area contributed by atoms with Gasteiger partial charge in [-0.05, 0) is 24.3 Å². The highest BCUT2D eigenvalue weighted by Gasteiger charge is 2.06. The molecule has 0 radical (unpaired) electrons. The van der Waals surface area contributed by atoms with Gasteiger partial charge in [-0.3, -0.25) is 0 Å². The van der Waals surface area contributed by atoms with Crippen LogP contribution in [0.25, 0.3) is 0 Å². The van der Waals surface area contributed by atoms with E-state index < -0.39 is 5.82 Å². The summed E-state index contributed by atoms with van der Waals surface area (Å²) in [5.74, 6) is 0.0284. The fraction of sp³-hybridized carbons (Fsp3) is 0.0714. The van der Waals surface area contributed by atoms with Gasteiger partial charge < -0.3 is 10.5 Å². The lowest BCUT2D eigenvalue weighted by Crippen LogP contribution is -2.00. The summed E-state index contributed by atoms with van der Waals surface area (Å²) in [7, 11) is 0. The number of nitrogen functional groups attached to an aromatic ring is 1. The lowest BCUT2D eigenvalue weighted by molar-refractivity contribution is 0.299. The molecule has 0 bridgehead atoms. The largest absolute Gasteiger partial charge is 0.487 e. The fourth-order valence-electron chi connectivity index (χ4n) is 1.52. The summed E-state index contributed by atoms with van der Waals surface area (Å²) in [5.41, 5.74) is 6.65. The number of nitriles is 1. The van der Waals surface area contributed by atoms with Crippen molar-refractivity contribution in [2.75, 3.05) is 5.73 Å². The summed E-state index contributed by atoms with van der Waals surface area (Å²) in [6.07, 6.45) is 0. The number of benzene rings is 2. The van der Waals surface area contributed by atoms with Gasteiger partial charge in [0.15, 0.2) is 0 Å². The zero-order valence-electron chi connectivity index (χ0n) is 9.56. The number of ether oxygens (including phenoxy) is 1. The highest BCUT2D eigenvalue weighted by molar-refractivity contribution is 5.43. The predicted octanol–water partition coefficient (Wildman–Crippen LogP) is 2.86. The quantitative estimate of drug-likeness (QED) is 0.842. The van der Waals surface area contributed by atoms with Crippen LogP contribution in [-0.2, 0) is 6.61 Å². The van der Waals surface area contributed by atoms with E-state index in [4.69, 9.17) is 15.7 Å². The predicted molar refractivity (Wildman–Crippen MR) is 66.3 cm³/mol. The molecule has 0 fully saturated rings. The van der Waals surface area contributed by atoms with Crippen LogP contribution in [-0.4, -0.2) is 0 Å². The zero-order valence-corrected chi connectivity index (χ0v) is 9.56. The van der Waals surface area contributed by atoms with Crippen molar-refractivity contribution < 1.29 is 9.13 Å². The molecular formula is C14H11FN2O. The standard InChI is InChI=1S/C14H11FN2O/c15-13-7-12(17)6-5-11(13)9-18-14-4-2-1-3-10(14)8-16/h1-7H,9,17H2. The maximum atomic E-state index is 13.5. The minimum Gasteiger partial charge on any atom is -0.487 e. The van der Waals surface area contributed by atoms with Crippen LogP contribution in [0.5, 0.6) is 5.75 Å². The maximum Gasteiger partial charge on any atom is 0.137 e. The van der Waals surface area contributed by atoms with Crippen molar-refractivity contribution in [3.05, 3.63) is 59.4 Å². The first-order chi connectivity index (χ1) is 8.70. The third-order valence-electron chi connectivity index (χ3n) is 2.47. The molecule has 0 saturated heterocycles. The van der Waals surface area contributed by atoms with Gasteiger partial charge in [-0.25, -0.2) is 4.39 Å². The first kappa shape index (κ1) is 11.9. The van der Waals surface area contributed by atoms with Crippen LogP contribution >= 0.6 is 0 Å². The second-order valence-electron chi connectivity index (χ2n) is 3.75. The first-order valence-electron chi connectivity index (χ1n) is 5.36. The van der Waals surface area contributed by atoms with Gasteiger partial charge in [0, 0.05) is 11.3 Å². The molecule has 2 aromatic rings. The first-order valence-corrected chi connectivity index (χ1v) is 5.36. The van der Waals surface area contributed by atoms with Crippen LogP contribution in [0.4, 0.5) is 10.1 Å². The second kappa shape index (κ2) is 5.19. The van der Waals surface area contributed by atoms with Gasteiger partial charge in [0.1, 0.15) is 24.2 Å². The summed E-state index contributed by atoms with van der Waals surface area (Å²) in [5, 5.41) is 8.89. The zero-order chi connectivity index (χ0) is 13.0. The van der Waals surface area contributed by atoms with Crippen molar-refractivity contribution >= 4 is 5.69 Å². The molecule has 0 spiro atoms. The molecule has 0 atom stereocenters. The Bertz CT molecular complexity index is 605. The summed E-state index contributed by atoms with van der Waals surface area (Å²) in [4.78, 5) is 0. The smallest absolute Gasteiger partial charge is 0.137 e. The van der Waals surface area contributed by atoms with Gasteiger partial charge in [0.2, 0.25) is 0 Å². The molecule has 0 heterocycles. The van der Waals surface area contributed by atoms with Crippen LogP contribution in [0.1, 0.15) is 11.1 Å². The van der Waals surface area contributed by atoms with Crippen LogP contribution in [0, 0.1) is 17.1 Å². The Morgan fingerprint density at radius 3 is 2.72 bits per heavy atom. The van der Waals surface area contributed by atoms with Gasteiger partial charge in [-0.2, -0.15) is 5.26 Å². The highest BCUT2D eigenvalue weighted by Crippen LogP contribution is 2.19. The number of hydrogen-bond donors (Lipinski definition) is 1. The van der Waals surface area contributed by atoms with Crippen molar-refractivity contribution in [2.45, 2.75) is 6.61 Å². The summed E-state index contributed by atoms with van der Waals surface area (Å²) in [6.45, 7) is 0.0603. The van der Waals surface area contributed by atoms with Gasteiger partial charge in [-0.15, -0.1) is 0 Å². The van der Waals surface area contributed by atoms with Crippen LogP contribution in [0.2, 0.25) is 0 Å². The Labute approximate surface area is 104 Å². The van der Waals surface area contributed by atoms with E-state index in [9.17, 15) is 4.39 Å². The Morgan fingerprint density at radius 1 is 1.22 bits per heavy atom. The fourth-order valence-corrected chi connectivity index (χ4v) is 1.52. The van der Waals surface area contributed by atoms with Crippen LogP contribution in [0.15, 0.2) is 42.5 Å². The minimum absolute atomic E-state index is 0.0603. The molecule has 0 amide bonds. The van der Waals surface area contributed by atoms with Crippen molar-refractivity contribution in [1.82, 2.24) is 0 Å². The van der Waals surface area contributed by atoms with Crippen LogP contribution in [0.3, 0.4) is 0 Å². The van der Waals surface area contributed by atoms with Crippen molar-refractivity contribution in [3.63, 3.8) is 0 Å². The number of para-hydroxylation sites is 1. The van der Waals surface area contributed by atoms with E-state index >= 15 is 0 Å². The molecule has 90 valence electrons. The molecule has 0 unspecified atom stereocenters. The number of halogens is 1. The summed E-state index contributed by atoms with van der Waals surface area (Å²) in [6, 6.07) is 13.3. The molecule has 2 N–H and O–H groups in total. The molecule has 18 heavy (non-hydrogen) atoms. The number of hydrogen-bond acceptors (Lipinski definition) is 3. The second-order valence-corrected chi connectivity index (χ2v) is 3.75. The van der Waals surface area contributed by atoms with Crippen LogP contribution < -0.4 is 10.5 Å². The number of rotatable bonds is 3. The molecule has 0 saturated carbocycles. The van der Waals surface area contributed by atoms with E-state index in [0.29, 0.717) is 22.6 Å². The maximum absolute atomic E-state index is 13.5. The number of nitrogens with zero attached hydrogens (tertiary/aromatic N) is 1. The van der Waals surface area contributed by atoms with E-state index in [1.54, 1.807) is 36.4 Å². The van der Waals surface area contributed by atoms with E-state index in [0.717, 1.165) is 0 Å². The van der Waals surface area contributed by atoms with E-state index in [2.05, 4.69) is 0 Å². The Kier molecular flexibility index (Phi) is 3.44. The third kappa shape index (κ3) is 2.58. The number of anilines is 1. The topological polar surface area (TPSA) is 59.0 Å². The van der Waals surface area contributed by atoms with E-state index in [1.807, 2.05) is 6.07 Å². The molecule has 0 aliphatic carbocycles. The van der Waals surface area contributed by atoms with Crippen molar-refractivity contribution in [1.29, 1.82) is 5.26 Å². The Morgan fingerprint density at radius 2 is 2.00 bits per heavy atom. The van der Waals surface area contributed by atoms with Gasteiger partial charge >= 0.3 is 0 Å². The van der Waals surface area contributed by atoms with E-state index in [-0.39, 0.29) is 6.61 Å². The van der Waals surface area contributed by atoms with Crippen molar-refractivity contribution in [2.24, 2.45) is 0 Å². The molecule has 0 aliphatic heterocycles. The monoisotopic (exact) mass is 242 g/mol.